The van der Waals surface area contributed by atoms with Crippen LogP contribution in [0.4, 0.5) is 0 Å². The fourth-order valence-corrected chi connectivity index (χ4v) is 1.24. The van der Waals surface area contributed by atoms with Crippen LogP contribution in [0.25, 0.3) is 0 Å². The zero-order valence-corrected chi connectivity index (χ0v) is 9.60. The Labute approximate surface area is 94.5 Å². The van der Waals surface area contributed by atoms with Crippen molar-refractivity contribution in [1.82, 2.24) is 0 Å². The molecule has 0 aromatic heterocycles. The number of hydrogen-bond donors (Lipinski definition) is 2. The largest absolute Gasteiger partial charge is 0.493 e. The second kappa shape index (κ2) is 5.25. The second-order valence-electron chi connectivity index (χ2n) is 3.52. The van der Waals surface area contributed by atoms with Crippen molar-refractivity contribution in [3.05, 3.63) is 23.8 Å². The minimum atomic E-state index is 0.0365. The van der Waals surface area contributed by atoms with E-state index in [1.807, 2.05) is 13.8 Å². The Morgan fingerprint density at radius 1 is 1.38 bits per heavy atom. The summed E-state index contributed by atoms with van der Waals surface area (Å²) in [7, 11) is 1.54. The van der Waals surface area contributed by atoms with E-state index in [-0.39, 0.29) is 11.9 Å². The van der Waals surface area contributed by atoms with Crippen molar-refractivity contribution in [1.29, 1.82) is 0 Å². The number of hydrogen-bond acceptors (Lipinski definition) is 4. The summed E-state index contributed by atoms with van der Waals surface area (Å²) in [6, 6.07) is 5.09. The molecule has 0 aliphatic rings. The van der Waals surface area contributed by atoms with Crippen LogP contribution in [0.15, 0.2) is 23.4 Å². The van der Waals surface area contributed by atoms with E-state index in [4.69, 9.17) is 20.4 Å². The van der Waals surface area contributed by atoms with Crippen molar-refractivity contribution < 1.29 is 14.7 Å². The molecule has 0 bridgehead atoms. The van der Waals surface area contributed by atoms with E-state index >= 15 is 0 Å². The van der Waals surface area contributed by atoms with Gasteiger partial charge in [0.05, 0.1) is 13.2 Å². The fourth-order valence-electron chi connectivity index (χ4n) is 1.24. The van der Waals surface area contributed by atoms with E-state index in [9.17, 15) is 0 Å². The van der Waals surface area contributed by atoms with Gasteiger partial charge in [-0.05, 0) is 32.0 Å². The minimum Gasteiger partial charge on any atom is -0.493 e. The van der Waals surface area contributed by atoms with Gasteiger partial charge in [-0.3, -0.25) is 0 Å². The van der Waals surface area contributed by atoms with Crippen molar-refractivity contribution in [3.63, 3.8) is 0 Å². The van der Waals surface area contributed by atoms with Gasteiger partial charge < -0.3 is 20.4 Å². The molecule has 0 amide bonds. The third kappa shape index (κ3) is 2.79. The molecule has 0 saturated carbocycles. The maximum Gasteiger partial charge on any atom is 0.170 e. The van der Waals surface area contributed by atoms with Gasteiger partial charge in [-0.1, -0.05) is 5.16 Å². The van der Waals surface area contributed by atoms with Gasteiger partial charge in [-0.2, -0.15) is 0 Å². The lowest BCUT2D eigenvalue weighted by molar-refractivity contribution is 0.230. The van der Waals surface area contributed by atoms with Crippen molar-refractivity contribution in [2.45, 2.75) is 20.0 Å². The fraction of sp³-hybridized carbons (Fsp3) is 0.364. The van der Waals surface area contributed by atoms with Gasteiger partial charge in [0, 0.05) is 5.56 Å². The molecule has 1 aromatic carbocycles. The average Bonchev–Trinajstić information content (AvgIpc) is 2.27. The van der Waals surface area contributed by atoms with Crippen LogP contribution in [0.1, 0.15) is 19.4 Å². The van der Waals surface area contributed by atoms with E-state index in [0.29, 0.717) is 17.1 Å². The van der Waals surface area contributed by atoms with Crippen molar-refractivity contribution in [3.8, 4) is 11.5 Å². The molecule has 0 heterocycles. The van der Waals surface area contributed by atoms with E-state index in [1.165, 1.54) is 0 Å². The number of nitrogens with zero attached hydrogens (tertiary/aromatic N) is 1. The van der Waals surface area contributed by atoms with Crippen LogP contribution in [0.3, 0.4) is 0 Å². The van der Waals surface area contributed by atoms with E-state index in [0.717, 1.165) is 0 Å². The first kappa shape index (κ1) is 12.2. The molecule has 0 radical (unpaired) electrons. The molecule has 16 heavy (non-hydrogen) atoms. The molecule has 0 fully saturated rings. The first-order chi connectivity index (χ1) is 7.58. The van der Waals surface area contributed by atoms with Gasteiger partial charge >= 0.3 is 0 Å². The summed E-state index contributed by atoms with van der Waals surface area (Å²) >= 11 is 0. The lowest BCUT2D eigenvalue weighted by Gasteiger charge is -2.14. The van der Waals surface area contributed by atoms with Gasteiger partial charge in [0.25, 0.3) is 0 Å². The van der Waals surface area contributed by atoms with Crippen LogP contribution < -0.4 is 15.2 Å². The number of amidine groups is 1. The molecule has 5 nitrogen and oxygen atoms in total. The SMILES string of the molecule is COc1cc(/C(N)=N\O)ccc1OC(C)C. The van der Waals surface area contributed by atoms with Crippen LogP contribution in [0.2, 0.25) is 0 Å². The second-order valence-corrected chi connectivity index (χ2v) is 3.52. The van der Waals surface area contributed by atoms with Crippen LogP contribution in [0.5, 0.6) is 11.5 Å². The van der Waals surface area contributed by atoms with Crippen molar-refractivity contribution in [2.75, 3.05) is 7.11 Å². The zero-order valence-electron chi connectivity index (χ0n) is 9.60. The molecular weight excluding hydrogens is 208 g/mol. The van der Waals surface area contributed by atoms with E-state index in [2.05, 4.69) is 5.16 Å². The maximum atomic E-state index is 8.56. The molecule has 0 aliphatic heterocycles. The van der Waals surface area contributed by atoms with Crippen LogP contribution in [-0.4, -0.2) is 24.3 Å². The molecule has 88 valence electrons. The van der Waals surface area contributed by atoms with Gasteiger partial charge in [-0.15, -0.1) is 0 Å². The van der Waals surface area contributed by atoms with E-state index < -0.39 is 0 Å². The van der Waals surface area contributed by atoms with Crippen molar-refractivity contribution >= 4 is 5.84 Å². The Morgan fingerprint density at radius 2 is 2.06 bits per heavy atom. The molecule has 0 atom stereocenters. The summed E-state index contributed by atoms with van der Waals surface area (Å²) < 4.78 is 10.7. The van der Waals surface area contributed by atoms with Crippen LogP contribution in [-0.2, 0) is 0 Å². The number of rotatable bonds is 4. The van der Waals surface area contributed by atoms with Crippen LogP contribution in [0, 0.1) is 0 Å². The predicted molar refractivity (Wildman–Crippen MR) is 61.3 cm³/mol. The Morgan fingerprint density at radius 3 is 2.56 bits per heavy atom. The smallest absolute Gasteiger partial charge is 0.170 e. The average molecular weight is 224 g/mol. The topological polar surface area (TPSA) is 77.1 Å². The molecular formula is C11H16N2O3. The lowest BCUT2D eigenvalue weighted by atomic mass is 10.2. The monoisotopic (exact) mass is 224 g/mol. The Hall–Kier alpha value is -1.91. The third-order valence-corrected chi connectivity index (χ3v) is 1.93. The summed E-state index contributed by atoms with van der Waals surface area (Å²) in [5, 5.41) is 11.5. The molecule has 1 rings (SSSR count). The number of methoxy groups -OCH3 is 1. The normalized spacial score (nSPS) is 11.6. The van der Waals surface area contributed by atoms with E-state index in [1.54, 1.807) is 25.3 Å². The zero-order chi connectivity index (χ0) is 12.1. The van der Waals surface area contributed by atoms with Gasteiger partial charge in [0.1, 0.15) is 0 Å². The highest BCUT2D eigenvalue weighted by Crippen LogP contribution is 2.28. The summed E-state index contributed by atoms with van der Waals surface area (Å²) in [5.74, 6) is 1.22. The summed E-state index contributed by atoms with van der Waals surface area (Å²) in [5.41, 5.74) is 6.05. The molecule has 3 N–H and O–H groups in total. The van der Waals surface area contributed by atoms with Gasteiger partial charge in [-0.25, -0.2) is 0 Å². The number of oxime groups is 1. The minimum absolute atomic E-state index is 0.0365. The molecule has 0 aliphatic carbocycles. The highest BCUT2D eigenvalue weighted by Gasteiger charge is 2.09. The summed E-state index contributed by atoms with van der Waals surface area (Å²) in [4.78, 5) is 0. The van der Waals surface area contributed by atoms with Crippen LogP contribution >= 0.6 is 0 Å². The molecule has 0 saturated heterocycles. The summed E-state index contributed by atoms with van der Waals surface area (Å²) in [6.45, 7) is 3.85. The highest BCUT2D eigenvalue weighted by atomic mass is 16.5. The third-order valence-electron chi connectivity index (χ3n) is 1.93. The molecule has 0 unspecified atom stereocenters. The van der Waals surface area contributed by atoms with Gasteiger partial charge in [0.15, 0.2) is 17.3 Å². The molecule has 1 aromatic rings. The standard InChI is InChI=1S/C11H16N2O3/c1-7(2)16-9-5-4-8(11(12)13-14)6-10(9)15-3/h4-7,14H,1-3H3,(H2,12,13). The number of nitrogens with two attached hydrogens (primary N) is 1. The quantitative estimate of drug-likeness (QED) is 0.352. The lowest BCUT2D eigenvalue weighted by Crippen LogP contribution is -2.13. The Kier molecular flexibility index (Phi) is 3.99. The Balaban J connectivity index is 3.06. The first-order valence-corrected chi connectivity index (χ1v) is 4.91. The Bertz CT molecular complexity index is 389. The van der Waals surface area contributed by atoms with Gasteiger partial charge in [0.2, 0.25) is 0 Å². The molecule has 0 spiro atoms. The highest BCUT2D eigenvalue weighted by molar-refractivity contribution is 5.97. The summed E-state index contributed by atoms with van der Waals surface area (Å²) in [6.07, 6.45) is 0.0589. The first-order valence-electron chi connectivity index (χ1n) is 4.91. The maximum absolute atomic E-state index is 8.56. The molecule has 5 heteroatoms. The number of ether oxygens (including phenoxy) is 2. The predicted octanol–water partition coefficient (Wildman–Crippen LogP) is 1.58. The van der Waals surface area contributed by atoms with Crippen molar-refractivity contribution in [2.24, 2.45) is 10.9 Å². The number of benzene rings is 1.